The first-order valence-corrected chi connectivity index (χ1v) is 12.8. The van der Waals surface area contributed by atoms with E-state index in [1.807, 2.05) is 41.3 Å². The van der Waals surface area contributed by atoms with Crippen molar-refractivity contribution in [3.05, 3.63) is 77.7 Å². The van der Waals surface area contributed by atoms with Crippen molar-refractivity contribution >= 4 is 40.5 Å². The number of nitrogens with two attached hydrogens (primary N) is 2. The molecule has 0 radical (unpaired) electrons. The highest BCUT2D eigenvalue weighted by atomic mass is 19.1. The zero-order chi connectivity index (χ0) is 26.5. The minimum atomic E-state index is -0.385. The van der Waals surface area contributed by atoms with Crippen LogP contribution in [0.25, 0.3) is 5.70 Å². The first-order valence-electron chi connectivity index (χ1n) is 12.8. The molecule has 1 fully saturated rings. The molecule has 196 valence electrons. The lowest BCUT2D eigenvalue weighted by Crippen LogP contribution is -2.37. The van der Waals surface area contributed by atoms with Crippen molar-refractivity contribution in [1.82, 2.24) is 9.97 Å². The van der Waals surface area contributed by atoms with Crippen molar-refractivity contribution in [3.63, 3.8) is 0 Å². The predicted molar refractivity (Wildman–Crippen MR) is 149 cm³/mol. The van der Waals surface area contributed by atoms with Gasteiger partial charge in [-0.05, 0) is 43.0 Å². The number of amides is 1. The maximum absolute atomic E-state index is 14.9. The largest absolute Gasteiger partial charge is 0.368 e. The molecular formula is C28H31FN8O. The van der Waals surface area contributed by atoms with Crippen molar-refractivity contribution in [2.45, 2.75) is 25.8 Å². The number of para-hydroxylation sites is 1. The van der Waals surface area contributed by atoms with Crippen LogP contribution in [0.2, 0.25) is 0 Å². The van der Waals surface area contributed by atoms with Gasteiger partial charge in [0.2, 0.25) is 5.95 Å². The van der Waals surface area contributed by atoms with Crippen molar-refractivity contribution < 1.29 is 9.18 Å². The topological polar surface area (TPSA) is 135 Å². The third kappa shape index (κ3) is 5.81. The smallest absolute Gasteiger partial charge is 0.270 e. The molecule has 9 nitrogen and oxygen atoms in total. The van der Waals surface area contributed by atoms with Crippen LogP contribution in [-0.2, 0) is 11.3 Å². The molecule has 0 unspecified atom stereocenters. The Labute approximate surface area is 220 Å². The molecule has 0 bridgehead atoms. The molecule has 5 rings (SSSR count). The molecular weight excluding hydrogens is 483 g/mol. The number of nitrogens with one attached hydrogen (secondary N) is 2. The van der Waals surface area contributed by atoms with E-state index in [4.69, 9.17) is 11.5 Å². The van der Waals surface area contributed by atoms with Gasteiger partial charge in [0, 0.05) is 32.1 Å². The minimum Gasteiger partial charge on any atom is -0.368 e. The number of benzene rings is 2. The zero-order valence-electron chi connectivity index (χ0n) is 21.0. The fourth-order valence-corrected chi connectivity index (χ4v) is 4.74. The van der Waals surface area contributed by atoms with Gasteiger partial charge in [-0.1, -0.05) is 42.5 Å². The molecule has 38 heavy (non-hydrogen) atoms. The van der Waals surface area contributed by atoms with Gasteiger partial charge in [-0.15, -0.1) is 0 Å². The Hall–Kier alpha value is -4.31. The first kappa shape index (κ1) is 25.3. The zero-order valence-corrected chi connectivity index (χ0v) is 21.0. The highest BCUT2D eigenvalue weighted by Crippen LogP contribution is 2.33. The van der Waals surface area contributed by atoms with E-state index in [9.17, 15) is 9.18 Å². The van der Waals surface area contributed by atoms with E-state index in [0.717, 1.165) is 18.4 Å². The number of carbonyl (C=O) groups excluding carboxylic acids is 1. The summed E-state index contributed by atoms with van der Waals surface area (Å²) in [5.41, 5.74) is 15.1. The van der Waals surface area contributed by atoms with Gasteiger partial charge in [-0.25, -0.2) is 14.4 Å². The summed E-state index contributed by atoms with van der Waals surface area (Å²) in [6, 6.07) is 16.4. The average molecular weight is 515 g/mol. The van der Waals surface area contributed by atoms with Gasteiger partial charge >= 0.3 is 0 Å². The van der Waals surface area contributed by atoms with Crippen molar-refractivity contribution in [3.8, 4) is 0 Å². The number of hydrogen-bond acceptors (Lipinski definition) is 8. The van der Waals surface area contributed by atoms with Crippen LogP contribution in [0, 0.1) is 11.7 Å². The minimum absolute atomic E-state index is 0.106. The Morgan fingerprint density at radius 3 is 2.63 bits per heavy atom. The number of carbonyl (C=O) groups is 1. The number of piperidine rings is 1. The molecule has 6 N–H and O–H groups in total. The third-order valence-electron chi connectivity index (χ3n) is 6.83. The van der Waals surface area contributed by atoms with E-state index in [1.165, 1.54) is 6.07 Å². The number of aliphatic imine (C=N–C) groups is 1. The summed E-state index contributed by atoms with van der Waals surface area (Å²) in [6.45, 7) is 2.58. The van der Waals surface area contributed by atoms with E-state index in [2.05, 4.69) is 25.6 Å². The normalized spacial score (nSPS) is 15.7. The number of aromatic nitrogens is 2. The Bertz CT molecular complexity index is 1370. The van der Waals surface area contributed by atoms with E-state index in [1.54, 1.807) is 18.2 Å². The SMILES string of the molecule is NCC1CCN(c2c(F)cccc2NC(=O)C2=NC(c3cc(NCc4ccccc4)nc(N)n3)=CC2)CC1. The molecule has 10 heteroatoms. The van der Waals surface area contributed by atoms with Crippen molar-refractivity contribution in [1.29, 1.82) is 0 Å². The number of anilines is 4. The number of nitrogens with zero attached hydrogens (tertiary/aromatic N) is 4. The monoisotopic (exact) mass is 514 g/mol. The van der Waals surface area contributed by atoms with E-state index >= 15 is 0 Å². The van der Waals surface area contributed by atoms with Gasteiger partial charge in [0.25, 0.3) is 5.91 Å². The molecule has 1 saturated heterocycles. The van der Waals surface area contributed by atoms with Crippen molar-refractivity contribution in [2.24, 2.45) is 16.6 Å². The second kappa shape index (κ2) is 11.4. The lowest BCUT2D eigenvalue weighted by atomic mass is 9.96. The molecule has 1 amide bonds. The van der Waals surface area contributed by atoms with Gasteiger partial charge in [-0.3, -0.25) is 4.79 Å². The summed E-state index contributed by atoms with van der Waals surface area (Å²) in [5.74, 6) is 0.360. The number of halogens is 1. The predicted octanol–water partition coefficient (Wildman–Crippen LogP) is 3.81. The fraction of sp³-hybridized carbons (Fsp3) is 0.286. The number of hydrogen-bond donors (Lipinski definition) is 4. The second-order valence-corrected chi connectivity index (χ2v) is 9.44. The fourth-order valence-electron chi connectivity index (χ4n) is 4.74. The number of nitrogen functional groups attached to an aromatic ring is 1. The summed E-state index contributed by atoms with van der Waals surface area (Å²) in [7, 11) is 0. The first-order chi connectivity index (χ1) is 18.5. The maximum atomic E-state index is 14.9. The molecule has 0 saturated carbocycles. The Kier molecular flexibility index (Phi) is 7.60. The Morgan fingerprint density at radius 1 is 1.08 bits per heavy atom. The maximum Gasteiger partial charge on any atom is 0.270 e. The van der Waals surface area contributed by atoms with Gasteiger partial charge in [0.15, 0.2) is 0 Å². The molecule has 3 aromatic rings. The van der Waals surface area contributed by atoms with Gasteiger partial charge in [0.05, 0.1) is 22.8 Å². The summed E-state index contributed by atoms with van der Waals surface area (Å²) in [6.07, 6.45) is 3.93. The van der Waals surface area contributed by atoms with Gasteiger partial charge < -0.3 is 27.0 Å². The average Bonchev–Trinajstić information content (AvgIpc) is 3.43. The molecule has 1 aromatic heterocycles. The van der Waals surface area contributed by atoms with E-state index in [-0.39, 0.29) is 17.7 Å². The van der Waals surface area contributed by atoms with Gasteiger partial charge in [0.1, 0.15) is 17.3 Å². The third-order valence-corrected chi connectivity index (χ3v) is 6.83. The summed E-state index contributed by atoms with van der Waals surface area (Å²) in [5, 5.41) is 6.12. The summed E-state index contributed by atoms with van der Waals surface area (Å²) >= 11 is 0. The highest BCUT2D eigenvalue weighted by molar-refractivity contribution is 6.45. The van der Waals surface area contributed by atoms with E-state index < -0.39 is 0 Å². The summed E-state index contributed by atoms with van der Waals surface area (Å²) < 4.78 is 14.9. The quantitative estimate of drug-likeness (QED) is 0.359. The lowest BCUT2D eigenvalue weighted by molar-refractivity contribution is -0.110. The Balaban J connectivity index is 1.28. The summed E-state index contributed by atoms with van der Waals surface area (Å²) in [4.78, 5) is 28.2. The van der Waals surface area contributed by atoms with Crippen LogP contribution < -0.4 is 27.0 Å². The van der Waals surface area contributed by atoms with E-state index in [0.29, 0.717) is 72.8 Å². The van der Waals surface area contributed by atoms with Crippen LogP contribution in [0.3, 0.4) is 0 Å². The standard InChI is InChI=1S/C28H31FN8O/c29-20-7-4-8-22(26(20)37-13-11-18(16-30)12-14-37)34-27(38)23-10-9-21(33-23)24-15-25(36-28(31)35-24)32-17-19-5-2-1-3-6-19/h1-9,15,18H,10-14,16-17,30H2,(H,34,38)(H3,31,32,35,36). The molecule has 2 aromatic carbocycles. The molecule has 2 aliphatic rings. The van der Waals surface area contributed by atoms with Crippen LogP contribution in [0.5, 0.6) is 0 Å². The van der Waals surface area contributed by atoms with Crippen LogP contribution >= 0.6 is 0 Å². The Morgan fingerprint density at radius 2 is 1.87 bits per heavy atom. The van der Waals surface area contributed by atoms with Crippen LogP contribution in [0.15, 0.2) is 65.7 Å². The second-order valence-electron chi connectivity index (χ2n) is 9.44. The van der Waals surface area contributed by atoms with Crippen LogP contribution in [0.4, 0.5) is 27.5 Å². The lowest BCUT2D eigenvalue weighted by Gasteiger charge is -2.34. The molecule has 0 aliphatic carbocycles. The van der Waals surface area contributed by atoms with Crippen molar-refractivity contribution in [2.75, 3.05) is 40.9 Å². The van der Waals surface area contributed by atoms with Crippen LogP contribution in [0.1, 0.15) is 30.5 Å². The molecule has 3 heterocycles. The highest BCUT2D eigenvalue weighted by Gasteiger charge is 2.25. The molecule has 2 aliphatic heterocycles. The van der Waals surface area contributed by atoms with Gasteiger partial charge in [-0.2, -0.15) is 4.98 Å². The van der Waals surface area contributed by atoms with Crippen LogP contribution in [-0.4, -0.2) is 41.2 Å². The molecule has 0 atom stereocenters. The number of allylic oxidation sites excluding steroid dienone is 1. The molecule has 0 spiro atoms. The number of rotatable bonds is 8.